The first-order chi connectivity index (χ1) is 11.8. The molecule has 2 aliphatic heterocycles. The number of hydrogen-bond donors (Lipinski definition) is 0. The zero-order valence-electron chi connectivity index (χ0n) is 15.9. The number of fused-ring (bicyclic) bond motifs is 2. The number of likely N-dealkylation sites (tertiary alicyclic amines) is 2. The Morgan fingerprint density at radius 2 is 1.92 bits per heavy atom. The van der Waals surface area contributed by atoms with Crippen LogP contribution in [-0.4, -0.2) is 47.8 Å². The molecule has 0 aromatic rings. The molecule has 0 aromatic carbocycles. The van der Waals surface area contributed by atoms with E-state index < -0.39 is 0 Å². The summed E-state index contributed by atoms with van der Waals surface area (Å²) in [5.74, 6) is 1.85. The molecule has 2 heterocycles. The first-order valence-corrected chi connectivity index (χ1v) is 10.1. The zero-order valence-corrected chi connectivity index (χ0v) is 15.9. The molecule has 138 valence electrons. The van der Waals surface area contributed by atoms with Gasteiger partial charge in [-0.25, -0.2) is 0 Å². The van der Waals surface area contributed by atoms with Gasteiger partial charge < -0.3 is 9.80 Å². The van der Waals surface area contributed by atoms with Crippen LogP contribution < -0.4 is 0 Å². The maximum Gasteiger partial charge on any atom is 0.232 e. The van der Waals surface area contributed by atoms with Crippen LogP contribution in [0.15, 0.2) is 12.2 Å². The Labute approximate surface area is 151 Å². The summed E-state index contributed by atoms with van der Waals surface area (Å²) >= 11 is 0. The monoisotopic (exact) mass is 344 g/mol. The lowest BCUT2D eigenvalue weighted by Gasteiger charge is -2.42. The molecule has 2 aliphatic carbocycles. The summed E-state index contributed by atoms with van der Waals surface area (Å²) in [5.41, 5.74) is 1.03. The summed E-state index contributed by atoms with van der Waals surface area (Å²) in [4.78, 5) is 29.4. The molecule has 2 saturated heterocycles. The van der Waals surface area contributed by atoms with Gasteiger partial charge in [0, 0.05) is 32.6 Å². The lowest BCUT2D eigenvalue weighted by atomic mass is 9.68. The normalized spacial score (nSPS) is 35.0. The lowest BCUT2D eigenvalue weighted by molar-refractivity contribution is -0.141. The standard InChI is InChI=1S/C21H32N2O2/c1-15-20(2,3)17-6-9-21(15,13-17)19(25)22-11-7-16(8-12-22)14-23-10-4-5-18(23)24/h16-17H,1,4-14H2,2-3H3/t17-,21-/m0/s1. The summed E-state index contributed by atoms with van der Waals surface area (Å²) in [7, 11) is 0. The van der Waals surface area contributed by atoms with E-state index in [-0.39, 0.29) is 10.8 Å². The Morgan fingerprint density at radius 1 is 1.20 bits per heavy atom. The Balaban J connectivity index is 1.37. The molecule has 4 rings (SSSR count). The minimum absolute atomic E-state index is 0.113. The van der Waals surface area contributed by atoms with Crippen molar-refractivity contribution in [3.05, 3.63) is 12.2 Å². The van der Waals surface area contributed by atoms with Gasteiger partial charge in [-0.3, -0.25) is 9.59 Å². The molecule has 2 saturated carbocycles. The third-order valence-electron chi connectivity index (χ3n) is 7.85. The maximum atomic E-state index is 13.4. The summed E-state index contributed by atoms with van der Waals surface area (Å²) in [6.45, 7) is 12.5. The fourth-order valence-electron chi connectivity index (χ4n) is 5.95. The molecule has 25 heavy (non-hydrogen) atoms. The Morgan fingerprint density at radius 3 is 2.48 bits per heavy atom. The molecule has 4 aliphatic rings. The van der Waals surface area contributed by atoms with Gasteiger partial charge in [-0.2, -0.15) is 0 Å². The number of nitrogens with zero attached hydrogens (tertiary/aromatic N) is 2. The van der Waals surface area contributed by atoms with Gasteiger partial charge in [0.15, 0.2) is 0 Å². The smallest absolute Gasteiger partial charge is 0.232 e. The van der Waals surface area contributed by atoms with E-state index in [1.807, 2.05) is 4.90 Å². The number of piperidine rings is 1. The van der Waals surface area contributed by atoms with E-state index in [2.05, 4.69) is 25.3 Å². The summed E-state index contributed by atoms with van der Waals surface area (Å²) in [5, 5.41) is 0. The molecular weight excluding hydrogens is 312 g/mol. The fourth-order valence-corrected chi connectivity index (χ4v) is 5.95. The van der Waals surface area contributed by atoms with Crippen molar-refractivity contribution in [1.82, 2.24) is 9.80 Å². The van der Waals surface area contributed by atoms with Crippen LogP contribution in [-0.2, 0) is 9.59 Å². The van der Waals surface area contributed by atoms with Crippen molar-refractivity contribution < 1.29 is 9.59 Å². The highest BCUT2D eigenvalue weighted by Crippen LogP contribution is 2.66. The van der Waals surface area contributed by atoms with Gasteiger partial charge in [-0.1, -0.05) is 26.0 Å². The number of rotatable bonds is 3. The van der Waals surface area contributed by atoms with Crippen LogP contribution in [0.5, 0.6) is 0 Å². The molecule has 0 radical (unpaired) electrons. The van der Waals surface area contributed by atoms with Crippen molar-refractivity contribution in [3.8, 4) is 0 Å². The Hall–Kier alpha value is -1.32. The quantitative estimate of drug-likeness (QED) is 0.738. The van der Waals surface area contributed by atoms with E-state index in [1.54, 1.807) is 0 Å². The third-order valence-corrected chi connectivity index (χ3v) is 7.85. The summed E-state index contributed by atoms with van der Waals surface area (Å²) < 4.78 is 0. The highest BCUT2D eigenvalue weighted by Gasteiger charge is 2.61. The molecule has 4 nitrogen and oxygen atoms in total. The average molecular weight is 344 g/mol. The highest BCUT2D eigenvalue weighted by molar-refractivity contribution is 5.87. The SMILES string of the molecule is C=C1C(C)(C)[C@H]2CC[C@]1(C(=O)N1CCC(CN3CCCC3=O)CC1)C2. The third kappa shape index (κ3) is 2.55. The summed E-state index contributed by atoms with van der Waals surface area (Å²) in [6.07, 6.45) is 6.98. The molecule has 2 atom stereocenters. The number of carbonyl (C=O) groups excluding carboxylic acids is 2. The minimum atomic E-state index is -0.272. The molecule has 4 heteroatoms. The topological polar surface area (TPSA) is 40.6 Å². The molecule has 2 bridgehead atoms. The van der Waals surface area contributed by atoms with Gasteiger partial charge in [0.1, 0.15) is 0 Å². The van der Waals surface area contributed by atoms with Gasteiger partial charge in [-0.05, 0) is 55.8 Å². The van der Waals surface area contributed by atoms with E-state index in [0.29, 0.717) is 23.7 Å². The molecule has 0 N–H and O–H groups in total. The predicted octanol–water partition coefficient (Wildman–Crippen LogP) is 3.23. The second kappa shape index (κ2) is 5.85. The Bertz CT molecular complexity index is 603. The molecule has 0 spiro atoms. The van der Waals surface area contributed by atoms with Crippen LogP contribution in [0.2, 0.25) is 0 Å². The van der Waals surface area contributed by atoms with Crippen molar-refractivity contribution in [2.45, 2.75) is 58.8 Å². The van der Waals surface area contributed by atoms with E-state index in [0.717, 1.165) is 64.7 Å². The molecular formula is C21H32N2O2. The first-order valence-electron chi connectivity index (χ1n) is 10.1. The summed E-state index contributed by atoms with van der Waals surface area (Å²) in [6, 6.07) is 0. The van der Waals surface area contributed by atoms with Crippen molar-refractivity contribution in [3.63, 3.8) is 0 Å². The predicted molar refractivity (Wildman–Crippen MR) is 97.8 cm³/mol. The number of carbonyl (C=O) groups is 2. The highest BCUT2D eigenvalue weighted by atomic mass is 16.2. The van der Waals surface area contributed by atoms with Crippen LogP contribution in [0.25, 0.3) is 0 Å². The first kappa shape index (κ1) is 17.1. The minimum Gasteiger partial charge on any atom is -0.342 e. The largest absolute Gasteiger partial charge is 0.342 e. The molecule has 0 aromatic heterocycles. The molecule has 4 fully saturated rings. The Kier molecular flexibility index (Phi) is 4.01. The van der Waals surface area contributed by atoms with Gasteiger partial charge in [0.05, 0.1) is 5.41 Å². The average Bonchev–Trinajstić information content (AvgIpc) is 3.26. The van der Waals surface area contributed by atoms with Crippen molar-refractivity contribution >= 4 is 11.8 Å². The van der Waals surface area contributed by atoms with Crippen LogP contribution in [0.3, 0.4) is 0 Å². The van der Waals surface area contributed by atoms with E-state index in [1.165, 1.54) is 12.0 Å². The van der Waals surface area contributed by atoms with Gasteiger partial charge in [-0.15, -0.1) is 0 Å². The maximum absolute atomic E-state index is 13.4. The van der Waals surface area contributed by atoms with Crippen LogP contribution in [0.1, 0.15) is 58.8 Å². The van der Waals surface area contributed by atoms with Gasteiger partial charge >= 0.3 is 0 Å². The van der Waals surface area contributed by atoms with Crippen LogP contribution in [0.4, 0.5) is 0 Å². The molecule has 0 unspecified atom stereocenters. The van der Waals surface area contributed by atoms with E-state index >= 15 is 0 Å². The fraction of sp³-hybridized carbons (Fsp3) is 0.810. The zero-order chi connectivity index (χ0) is 17.8. The van der Waals surface area contributed by atoms with Crippen molar-refractivity contribution in [2.24, 2.45) is 22.7 Å². The number of hydrogen-bond acceptors (Lipinski definition) is 2. The second-order valence-electron chi connectivity index (χ2n) is 9.40. The number of amides is 2. The van der Waals surface area contributed by atoms with Crippen LogP contribution in [0, 0.1) is 22.7 Å². The second-order valence-corrected chi connectivity index (χ2v) is 9.40. The van der Waals surface area contributed by atoms with Crippen molar-refractivity contribution in [1.29, 1.82) is 0 Å². The van der Waals surface area contributed by atoms with E-state index in [4.69, 9.17) is 0 Å². The van der Waals surface area contributed by atoms with Gasteiger partial charge in [0.25, 0.3) is 0 Å². The van der Waals surface area contributed by atoms with Crippen LogP contribution >= 0.6 is 0 Å². The van der Waals surface area contributed by atoms with Crippen molar-refractivity contribution in [2.75, 3.05) is 26.2 Å². The van der Waals surface area contributed by atoms with Gasteiger partial charge in [0.2, 0.25) is 11.8 Å². The lowest BCUT2D eigenvalue weighted by Crippen LogP contribution is -2.48. The van der Waals surface area contributed by atoms with E-state index in [9.17, 15) is 9.59 Å². The molecule has 2 amide bonds.